The van der Waals surface area contributed by atoms with Crippen molar-refractivity contribution in [3.05, 3.63) is 77.9 Å². The van der Waals surface area contributed by atoms with Gasteiger partial charge in [-0.3, -0.25) is 9.69 Å². The number of carboxylic acids is 1. The second kappa shape index (κ2) is 7.93. The highest BCUT2D eigenvalue weighted by atomic mass is 16.4. The van der Waals surface area contributed by atoms with Crippen molar-refractivity contribution in [2.45, 2.75) is 25.3 Å². The number of rotatable bonds is 6. The van der Waals surface area contributed by atoms with Crippen molar-refractivity contribution >= 4 is 11.5 Å². The molecule has 0 aliphatic carbocycles. The highest BCUT2D eigenvalue weighted by Gasteiger charge is 2.29. The normalized spacial score (nSPS) is 17.6. The van der Waals surface area contributed by atoms with Crippen LogP contribution < -0.4 is 0 Å². The molecule has 0 aromatic heterocycles. The Morgan fingerprint density at radius 2 is 1.62 bits per heavy atom. The van der Waals surface area contributed by atoms with E-state index in [1.165, 1.54) is 16.7 Å². The van der Waals surface area contributed by atoms with Crippen LogP contribution in [0.4, 0.5) is 0 Å². The van der Waals surface area contributed by atoms with E-state index in [0.29, 0.717) is 0 Å². The summed E-state index contributed by atoms with van der Waals surface area (Å²) < 4.78 is 0. The predicted octanol–water partition coefficient (Wildman–Crippen LogP) is 4.06. The highest BCUT2D eigenvalue weighted by molar-refractivity contribution is 5.79. The van der Waals surface area contributed by atoms with E-state index >= 15 is 0 Å². The molecular weight excluding hydrogens is 298 g/mol. The van der Waals surface area contributed by atoms with Crippen molar-refractivity contribution in [2.75, 3.05) is 13.1 Å². The van der Waals surface area contributed by atoms with Gasteiger partial charge >= 0.3 is 5.97 Å². The monoisotopic (exact) mass is 321 g/mol. The van der Waals surface area contributed by atoms with Crippen molar-refractivity contribution in [2.24, 2.45) is 0 Å². The van der Waals surface area contributed by atoms with Gasteiger partial charge in [-0.1, -0.05) is 66.7 Å². The molecule has 0 saturated carbocycles. The number of hydrogen-bond donors (Lipinski definition) is 1. The molecule has 24 heavy (non-hydrogen) atoms. The van der Waals surface area contributed by atoms with Gasteiger partial charge in [0.15, 0.2) is 0 Å². The van der Waals surface area contributed by atoms with Gasteiger partial charge < -0.3 is 5.11 Å². The number of nitrogens with zero attached hydrogens (tertiary/aromatic N) is 1. The molecule has 1 atom stereocenters. The molecule has 1 saturated heterocycles. The standard InChI is InChI=1S/C21H23NO2/c23-21(24)20-14-8-16-22(20)15-7-13-19(17-9-3-1-4-10-17)18-11-5-2-6-12-18/h1-6,9-13,20H,7-8,14-16H2,(H,23,24)/t20-/m1/s1. The number of likely N-dealkylation sites (tertiary alicyclic amines) is 1. The molecule has 0 radical (unpaired) electrons. The molecule has 0 amide bonds. The maximum atomic E-state index is 11.3. The molecule has 2 aromatic carbocycles. The maximum Gasteiger partial charge on any atom is 0.320 e. The summed E-state index contributed by atoms with van der Waals surface area (Å²) in [5.74, 6) is -0.692. The maximum absolute atomic E-state index is 11.3. The van der Waals surface area contributed by atoms with Crippen LogP contribution in [0.1, 0.15) is 30.4 Å². The Bertz CT molecular complexity index is 653. The van der Waals surface area contributed by atoms with E-state index in [4.69, 9.17) is 0 Å². The summed E-state index contributed by atoms with van der Waals surface area (Å²) in [6.45, 7) is 1.68. The van der Waals surface area contributed by atoms with Gasteiger partial charge in [-0.05, 0) is 42.5 Å². The molecule has 3 rings (SSSR count). The number of benzene rings is 2. The summed E-state index contributed by atoms with van der Waals surface area (Å²) >= 11 is 0. The van der Waals surface area contributed by atoms with E-state index in [2.05, 4.69) is 35.2 Å². The molecule has 1 aliphatic heterocycles. The summed E-state index contributed by atoms with van der Waals surface area (Å²) in [6.07, 6.45) is 4.83. The van der Waals surface area contributed by atoms with Gasteiger partial charge in [0.25, 0.3) is 0 Å². The molecule has 1 N–H and O–H groups in total. The van der Waals surface area contributed by atoms with Crippen LogP contribution in [0.2, 0.25) is 0 Å². The van der Waals surface area contributed by atoms with Crippen LogP contribution in [-0.2, 0) is 4.79 Å². The molecule has 0 spiro atoms. The lowest BCUT2D eigenvalue weighted by atomic mass is 9.97. The average Bonchev–Trinajstić information content (AvgIpc) is 3.09. The van der Waals surface area contributed by atoms with Crippen molar-refractivity contribution in [3.8, 4) is 0 Å². The summed E-state index contributed by atoms with van der Waals surface area (Å²) in [5.41, 5.74) is 3.60. The first-order chi connectivity index (χ1) is 11.8. The second-order valence-electron chi connectivity index (χ2n) is 6.17. The van der Waals surface area contributed by atoms with Gasteiger partial charge in [0.1, 0.15) is 6.04 Å². The molecule has 124 valence electrons. The van der Waals surface area contributed by atoms with E-state index in [-0.39, 0.29) is 6.04 Å². The van der Waals surface area contributed by atoms with Crippen molar-refractivity contribution in [1.82, 2.24) is 4.90 Å². The van der Waals surface area contributed by atoms with E-state index in [1.807, 2.05) is 36.4 Å². The molecule has 3 nitrogen and oxygen atoms in total. The zero-order valence-corrected chi connectivity index (χ0v) is 13.8. The van der Waals surface area contributed by atoms with Gasteiger partial charge in [0.2, 0.25) is 0 Å². The molecule has 0 bridgehead atoms. The topological polar surface area (TPSA) is 40.5 Å². The first-order valence-electron chi connectivity index (χ1n) is 8.53. The Hall–Kier alpha value is -2.39. The van der Waals surface area contributed by atoms with Crippen LogP contribution in [0.25, 0.3) is 5.57 Å². The Balaban J connectivity index is 1.76. The van der Waals surface area contributed by atoms with Crippen LogP contribution in [0.5, 0.6) is 0 Å². The Kier molecular flexibility index (Phi) is 5.44. The lowest BCUT2D eigenvalue weighted by molar-refractivity contribution is -0.142. The number of carboxylic acid groups (broad SMARTS) is 1. The fourth-order valence-corrected chi connectivity index (χ4v) is 3.39. The Morgan fingerprint density at radius 3 is 2.17 bits per heavy atom. The van der Waals surface area contributed by atoms with Gasteiger partial charge in [-0.15, -0.1) is 0 Å². The minimum absolute atomic E-state index is 0.310. The number of carbonyl (C=O) groups is 1. The van der Waals surface area contributed by atoms with Crippen LogP contribution in [0, 0.1) is 0 Å². The molecule has 0 unspecified atom stereocenters. The van der Waals surface area contributed by atoms with E-state index < -0.39 is 5.97 Å². The van der Waals surface area contributed by atoms with Crippen molar-refractivity contribution in [1.29, 1.82) is 0 Å². The van der Waals surface area contributed by atoms with E-state index in [1.54, 1.807) is 0 Å². The van der Waals surface area contributed by atoms with E-state index in [9.17, 15) is 9.90 Å². The van der Waals surface area contributed by atoms with Crippen molar-refractivity contribution < 1.29 is 9.90 Å². The SMILES string of the molecule is O=C(O)[C@H]1CCCN1CCC=C(c1ccccc1)c1ccccc1. The molecule has 1 aliphatic rings. The van der Waals surface area contributed by atoms with Crippen LogP contribution in [0.3, 0.4) is 0 Å². The average molecular weight is 321 g/mol. The third-order valence-electron chi connectivity index (χ3n) is 4.58. The second-order valence-corrected chi connectivity index (χ2v) is 6.17. The number of hydrogen-bond acceptors (Lipinski definition) is 2. The van der Waals surface area contributed by atoms with Gasteiger partial charge in [0.05, 0.1) is 0 Å². The minimum atomic E-state index is -0.692. The van der Waals surface area contributed by atoms with E-state index in [0.717, 1.165) is 32.4 Å². The molecule has 1 fully saturated rings. The summed E-state index contributed by atoms with van der Waals surface area (Å²) in [7, 11) is 0. The molecular formula is C21H23NO2. The zero-order valence-electron chi connectivity index (χ0n) is 13.8. The van der Waals surface area contributed by atoms with Crippen LogP contribution >= 0.6 is 0 Å². The summed E-state index contributed by atoms with van der Waals surface area (Å²) in [5, 5.41) is 9.29. The Morgan fingerprint density at radius 1 is 1.04 bits per heavy atom. The molecule has 2 aromatic rings. The minimum Gasteiger partial charge on any atom is -0.480 e. The van der Waals surface area contributed by atoms with Gasteiger partial charge in [0, 0.05) is 6.54 Å². The number of aliphatic carboxylic acids is 1. The summed E-state index contributed by atoms with van der Waals surface area (Å²) in [6, 6.07) is 20.4. The fraction of sp³-hybridized carbons (Fsp3) is 0.286. The molecule has 1 heterocycles. The van der Waals surface area contributed by atoms with Crippen LogP contribution in [0.15, 0.2) is 66.7 Å². The lowest BCUT2D eigenvalue weighted by Gasteiger charge is -2.20. The quantitative estimate of drug-likeness (QED) is 0.872. The fourth-order valence-electron chi connectivity index (χ4n) is 3.39. The Labute approximate surface area is 143 Å². The zero-order chi connectivity index (χ0) is 16.8. The summed E-state index contributed by atoms with van der Waals surface area (Å²) in [4.78, 5) is 13.4. The molecule has 3 heteroatoms. The smallest absolute Gasteiger partial charge is 0.320 e. The van der Waals surface area contributed by atoms with Crippen molar-refractivity contribution in [3.63, 3.8) is 0 Å². The third kappa shape index (κ3) is 3.92. The lowest BCUT2D eigenvalue weighted by Crippen LogP contribution is -2.36. The first kappa shape index (κ1) is 16.5. The predicted molar refractivity (Wildman–Crippen MR) is 96.8 cm³/mol. The first-order valence-corrected chi connectivity index (χ1v) is 8.53. The highest BCUT2D eigenvalue weighted by Crippen LogP contribution is 2.24. The third-order valence-corrected chi connectivity index (χ3v) is 4.58. The van der Waals surface area contributed by atoms with Crippen LogP contribution in [-0.4, -0.2) is 35.1 Å². The largest absolute Gasteiger partial charge is 0.480 e. The van der Waals surface area contributed by atoms with Gasteiger partial charge in [-0.25, -0.2) is 0 Å². The van der Waals surface area contributed by atoms with Gasteiger partial charge in [-0.2, -0.15) is 0 Å².